The molecule has 0 bridgehead atoms. The minimum atomic E-state index is -0.328. The predicted molar refractivity (Wildman–Crippen MR) is 79.5 cm³/mol. The number of benzene rings is 2. The number of rotatable bonds is 2. The zero-order valence-corrected chi connectivity index (χ0v) is 12.4. The van der Waals surface area contributed by atoms with Crippen molar-refractivity contribution in [3.05, 3.63) is 64.1 Å². The summed E-state index contributed by atoms with van der Waals surface area (Å²) in [6.45, 7) is 0. The molecule has 0 atom stereocenters. The molecular formula is C14H8BrClFN3. The first-order valence-corrected chi connectivity index (χ1v) is 6.95. The van der Waals surface area contributed by atoms with Crippen molar-refractivity contribution in [3.63, 3.8) is 0 Å². The van der Waals surface area contributed by atoms with Crippen LogP contribution in [0.5, 0.6) is 0 Å². The fourth-order valence-electron chi connectivity index (χ4n) is 1.92. The maximum atomic E-state index is 13.2. The van der Waals surface area contributed by atoms with Crippen LogP contribution >= 0.6 is 27.5 Å². The van der Waals surface area contributed by atoms with Crippen molar-refractivity contribution < 1.29 is 4.39 Å². The maximum absolute atomic E-state index is 13.2. The van der Waals surface area contributed by atoms with Crippen LogP contribution in [-0.4, -0.2) is 14.8 Å². The van der Waals surface area contributed by atoms with E-state index in [9.17, 15) is 4.39 Å². The van der Waals surface area contributed by atoms with Gasteiger partial charge < -0.3 is 0 Å². The molecule has 0 amide bonds. The minimum Gasteiger partial charge on any atom is -0.265 e. The van der Waals surface area contributed by atoms with Gasteiger partial charge in [0, 0.05) is 10.0 Å². The molecule has 3 nitrogen and oxygen atoms in total. The molecule has 0 spiro atoms. The van der Waals surface area contributed by atoms with E-state index in [2.05, 4.69) is 26.1 Å². The highest BCUT2D eigenvalue weighted by Crippen LogP contribution is 2.29. The van der Waals surface area contributed by atoms with Crippen LogP contribution in [0.2, 0.25) is 5.28 Å². The molecule has 0 saturated heterocycles. The van der Waals surface area contributed by atoms with Crippen LogP contribution in [0.25, 0.3) is 17.1 Å². The molecule has 0 aliphatic rings. The van der Waals surface area contributed by atoms with Gasteiger partial charge in [-0.25, -0.2) is 4.39 Å². The molecule has 0 saturated carbocycles. The molecule has 1 heterocycles. The van der Waals surface area contributed by atoms with Crippen LogP contribution in [0.4, 0.5) is 4.39 Å². The smallest absolute Gasteiger partial charge is 0.229 e. The summed E-state index contributed by atoms with van der Waals surface area (Å²) in [6, 6.07) is 13.9. The van der Waals surface area contributed by atoms with E-state index in [1.807, 2.05) is 30.3 Å². The summed E-state index contributed by atoms with van der Waals surface area (Å²) in [7, 11) is 0. The lowest BCUT2D eigenvalue weighted by atomic mass is 10.2. The number of halogens is 3. The number of hydrogen-bond donors (Lipinski definition) is 0. The van der Waals surface area contributed by atoms with Crippen LogP contribution in [0.3, 0.4) is 0 Å². The number of aromatic nitrogens is 3. The summed E-state index contributed by atoms with van der Waals surface area (Å²) in [6.07, 6.45) is 0. The Morgan fingerprint density at radius 3 is 2.50 bits per heavy atom. The molecule has 0 fully saturated rings. The molecule has 0 aliphatic carbocycles. The zero-order valence-electron chi connectivity index (χ0n) is 10.1. The van der Waals surface area contributed by atoms with Crippen LogP contribution in [0.15, 0.2) is 53.0 Å². The van der Waals surface area contributed by atoms with Crippen molar-refractivity contribution in [2.75, 3.05) is 0 Å². The Kier molecular flexibility index (Phi) is 3.54. The minimum absolute atomic E-state index is 0.219. The first kappa shape index (κ1) is 13.3. The lowest BCUT2D eigenvalue weighted by Crippen LogP contribution is -1.99. The van der Waals surface area contributed by atoms with Gasteiger partial charge in [-0.15, -0.1) is 10.2 Å². The lowest BCUT2D eigenvalue weighted by Gasteiger charge is -2.10. The monoisotopic (exact) mass is 351 g/mol. The molecule has 0 aliphatic heterocycles. The molecule has 3 rings (SSSR count). The molecular weight excluding hydrogens is 345 g/mol. The number of nitrogens with zero attached hydrogens (tertiary/aromatic N) is 3. The van der Waals surface area contributed by atoms with Gasteiger partial charge in [0.1, 0.15) is 5.82 Å². The van der Waals surface area contributed by atoms with E-state index in [0.717, 1.165) is 5.56 Å². The Morgan fingerprint density at radius 1 is 1.05 bits per heavy atom. The third kappa shape index (κ3) is 2.34. The van der Waals surface area contributed by atoms with Gasteiger partial charge in [-0.3, -0.25) is 4.57 Å². The topological polar surface area (TPSA) is 30.7 Å². The maximum Gasteiger partial charge on any atom is 0.229 e. The molecule has 1 aromatic heterocycles. The third-order valence-electron chi connectivity index (χ3n) is 2.81. The number of hydrogen-bond acceptors (Lipinski definition) is 2. The Hall–Kier alpha value is -1.72. The molecule has 0 N–H and O–H groups in total. The Labute approximate surface area is 128 Å². The second kappa shape index (κ2) is 5.34. The molecule has 0 radical (unpaired) electrons. The van der Waals surface area contributed by atoms with Gasteiger partial charge in [-0.05, 0) is 45.7 Å². The van der Waals surface area contributed by atoms with Gasteiger partial charge in [0.25, 0.3) is 0 Å². The molecule has 20 heavy (non-hydrogen) atoms. The van der Waals surface area contributed by atoms with E-state index in [-0.39, 0.29) is 11.1 Å². The Morgan fingerprint density at radius 2 is 1.80 bits per heavy atom. The molecule has 2 aromatic carbocycles. The summed E-state index contributed by atoms with van der Waals surface area (Å²) in [5, 5.41) is 8.21. The Bertz CT molecular complexity index is 758. The largest absolute Gasteiger partial charge is 0.265 e. The summed E-state index contributed by atoms with van der Waals surface area (Å²) < 4.78 is 15.5. The van der Waals surface area contributed by atoms with Crippen LogP contribution in [0.1, 0.15) is 0 Å². The first-order valence-electron chi connectivity index (χ1n) is 5.78. The van der Waals surface area contributed by atoms with Crippen molar-refractivity contribution in [2.45, 2.75) is 0 Å². The van der Waals surface area contributed by atoms with Gasteiger partial charge in [0.2, 0.25) is 5.28 Å². The quantitative estimate of drug-likeness (QED) is 0.680. The van der Waals surface area contributed by atoms with Crippen molar-refractivity contribution >= 4 is 27.5 Å². The fourth-order valence-corrected chi connectivity index (χ4v) is 2.65. The Balaban J connectivity index is 2.22. The van der Waals surface area contributed by atoms with Crippen LogP contribution in [-0.2, 0) is 0 Å². The van der Waals surface area contributed by atoms with E-state index in [0.29, 0.717) is 16.0 Å². The normalized spacial score (nSPS) is 10.8. The second-order valence-electron chi connectivity index (χ2n) is 4.09. The summed E-state index contributed by atoms with van der Waals surface area (Å²) in [4.78, 5) is 0. The van der Waals surface area contributed by atoms with E-state index < -0.39 is 0 Å². The standard InChI is InChI=1S/C14H8BrClFN3/c15-11-8-10(17)6-7-12(11)20-13(18-19-14(20)16)9-4-2-1-3-5-9/h1-8H. The van der Waals surface area contributed by atoms with Gasteiger partial charge in [-0.2, -0.15) is 0 Å². The lowest BCUT2D eigenvalue weighted by molar-refractivity contribution is 0.626. The summed E-state index contributed by atoms with van der Waals surface area (Å²) >= 11 is 9.45. The van der Waals surface area contributed by atoms with Gasteiger partial charge in [0.05, 0.1) is 5.69 Å². The van der Waals surface area contributed by atoms with E-state index in [1.165, 1.54) is 12.1 Å². The highest BCUT2D eigenvalue weighted by Gasteiger charge is 2.16. The average molecular weight is 353 g/mol. The van der Waals surface area contributed by atoms with Gasteiger partial charge >= 0.3 is 0 Å². The summed E-state index contributed by atoms with van der Waals surface area (Å²) in [5.41, 5.74) is 1.56. The fraction of sp³-hybridized carbons (Fsp3) is 0. The van der Waals surface area contributed by atoms with Gasteiger partial charge in [0.15, 0.2) is 5.82 Å². The highest BCUT2D eigenvalue weighted by molar-refractivity contribution is 9.10. The summed E-state index contributed by atoms with van der Waals surface area (Å²) in [5.74, 6) is 0.272. The van der Waals surface area contributed by atoms with Crippen LogP contribution in [0, 0.1) is 5.82 Å². The predicted octanol–water partition coefficient (Wildman–Crippen LogP) is 4.49. The molecule has 3 aromatic rings. The van der Waals surface area contributed by atoms with E-state index in [4.69, 9.17) is 11.6 Å². The molecule has 6 heteroatoms. The van der Waals surface area contributed by atoms with E-state index in [1.54, 1.807) is 10.6 Å². The van der Waals surface area contributed by atoms with Gasteiger partial charge in [-0.1, -0.05) is 30.3 Å². The second-order valence-corrected chi connectivity index (χ2v) is 5.28. The van der Waals surface area contributed by atoms with Crippen molar-refractivity contribution in [1.29, 1.82) is 0 Å². The highest BCUT2D eigenvalue weighted by atomic mass is 79.9. The van der Waals surface area contributed by atoms with Crippen molar-refractivity contribution in [2.24, 2.45) is 0 Å². The van der Waals surface area contributed by atoms with E-state index >= 15 is 0 Å². The molecule has 100 valence electrons. The molecule has 0 unspecified atom stereocenters. The zero-order chi connectivity index (χ0) is 14.1. The third-order valence-corrected chi connectivity index (χ3v) is 3.69. The first-order chi connectivity index (χ1) is 9.66. The van der Waals surface area contributed by atoms with Crippen LogP contribution < -0.4 is 0 Å². The SMILES string of the molecule is Fc1ccc(-n2c(Cl)nnc2-c2ccccc2)c(Br)c1. The van der Waals surface area contributed by atoms with Crippen molar-refractivity contribution in [1.82, 2.24) is 14.8 Å². The van der Waals surface area contributed by atoms with Crippen molar-refractivity contribution in [3.8, 4) is 17.1 Å². The average Bonchev–Trinajstić information content (AvgIpc) is 2.82.